The van der Waals surface area contributed by atoms with Crippen LogP contribution in [0.15, 0.2) is 108 Å². The predicted molar refractivity (Wildman–Crippen MR) is 181 cm³/mol. The van der Waals surface area contributed by atoms with Crippen LogP contribution < -0.4 is 9.62 Å². The van der Waals surface area contributed by atoms with E-state index in [-0.39, 0.29) is 23.8 Å². The number of benzene rings is 4. The molecule has 4 rings (SSSR count). The molecule has 0 aliphatic rings. The SMILES string of the molecule is Cc1ccc(S(=O)(=O)N(CC(=O)N(Cc2cccc(Cl)c2)[C@@H](Cc2ccccc2)C(=O)NC(C)(C)C)c2cccc(C)c2)cc1. The summed E-state index contributed by atoms with van der Waals surface area (Å²) in [6, 6.07) is 29.1. The van der Waals surface area contributed by atoms with E-state index < -0.39 is 34.1 Å². The second-order valence-corrected chi connectivity index (χ2v) is 14.6. The van der Waals surface area contributed by atoms with Crippen LogP contribution in [0.25, 0.3) is 0 Å². The summed E-state index contributed by atoms with van der Waals surface area (Å²) in [5, 5.41) is 3.52. The fourth-order valence-corrected chi connectivity index (χ4v) is 6.61. The maximum Gasteiger partial charge on any atom is 0.264 e. The summed E-state index contributed by atoms with van der Waals surface area (Å²) in [5.41, 5.74) is 3.10. The summed E-state index contributed by atoms with van der Waals surface area (Å²) in [7, 11) is -4.17. The Morgan fingerprint density at radius 2 is 1.44 bits per heavy atom. The van der Waals surface area contributed by atoms with Gasteiger partial charge in [-0.25, -0.2) is 8.42 Å². The lowest BCUT2D eigenvalue weighted by Crippen LogP contribution is -2.56. The number of carbonyl (C=O) groups excluding carboxylic acids is 2. The van der Waals surface area contributed by atoms with Gasteiger partial charge in [0.2, 0.25) is 11.8 Å². The Labute approximate surface area is 271 Å². The molecule has 4 aromatic rings. The molecule has 2 amide bonds. The number of anilines is 1. The van der Waals surface area contributed by atoms with Crippen molar-refractivity contribution in [1.82, 2.24) is 10.2 Å². The number of carbonyl (C=O) groups is 2. The van der Waals surface area contributed by atoms with Gasteiger partial charge >= 0.3 is 0 Å². The normalized spacial score (nSPS) is 12.3. The number of nitrogens with one attached hydrogen (secondary N) is 1. The van der Waals surface area contributed by atoms with Crippen LogP contribution in [0, 0.1) is 13.8 Å². The van der Waals surface area contributed by atoms with Gasteiger partial charge in [0.05, 0.1) is 10.6 Å². The summed E-state index contributed by atoms with van der Waals surface area (Å²) < 4.78 is 29.4. The lowest BCUT2D eigenvalue weighted by Gasteiger charge is -2.35. The molecule has 7 nitrogen and oxygen atoms in total. The fraction of sp³-hybridized carbons (Fsp3) is 0.278. The molecular weight excluding hydrogens is 606 g/mol. The number of aryl methyl sites for hydroxylation is 2. The zero-order chi connectivity index (χ0) is 32.8. The summed E-state index contributed by atoms with van der Waals surface area (Å²) in [6.45, 7) is 8.89. The van der Waals surface area contributed by atoms with E-state index in [1.807, 2.05) is 77.1 Å². The highest BCUT2D eigenvalue weighted by atomic mass is 35.5. The fourth-order valence-electron chi connectivity index (χ4n) is 4.99. The van der Waals surface area contributed by atoms with Crippen LogP contribution in [0.5, 0.6) is 0 Å². The number of amides is 2. The van der Waals surface area contributed by atoms with Gasteiger partial charge in [0.25, 0.3) is 10.0 Å². The van der Waals surface area contributed by atoms with Crippen LogP contribution in [-0.4, -0.2) is 43.3 Å². The molecule has 0 aromatic heterocycles. The standard InChI is InChI=1S/C36H40ClN3O4S/c1-26-17-19-32(20-18-26)45(43,44)40(31-16-9-11-27(2)21-31)25-34(41)39(24-29-14-10-15-30(37)22-29)33(35(42)38-36(3,4)5)23-28-12-7-6-8-13-28/h6-22,33H,23-25H2,1-5H3,(H,38,42)/t33-/m0/s1. The monoisotopic (exact) mass is 645 g/mol. The minimum absolute atomic E-state index is 0.0424. The zero-order valence-corrected chi connectivity index (χ0v) is 27.9. The van der Waals surface area contributed by atoms with E-state index in [0.29, 0.717) is 16.3 Å². The summed E-state index contributed by atoms with van der Waals surface area (Å²) >= 11 is 6.31. The molecule has 45 heavy (non-hydrogen) atoms. The van der Waals surface area contributed by atoms with Gasteiger partial charge in [-0.15, -0.1) is 0 Å². The molecule has 1 atom stereocenters. The number of rotatable bonds is 11. The van der Waals surface area contributed by atoms with E-state index in [0.717, 1.165) is 21.0 Å². The van der Waals surface area contributed by atoms with E-state index in [2.05, 4.69) is 5.32 Å². The third-order valence-corrected chi connectivity index (χ3v) is 9.21. The van der Waals surface area contributed by atoms with Crippen molar-refractivity contribution < 1.29 is 18.0 Å². The first-order valence-electron chi connectivity index (χ1n) is 14.8. The quantitative estimate of drug-likeness (QED) is 0.197. The molecule has 0 aliphatic carbocycles. The molecular formula is C36H40ClN3O4S. The van der Waals surface area contributed by atoms with Crippen molar-refractivity contribution in [3.05, 3.63) is 130 Å². The molecule has 4 aromatic carbocycles. The van der Waals surface area contributed by atoms with Gasteiger partial charge in [-0.05, 0) is 87.7 Å². The smallest absolute Gasteiger partial charge is 0.264 e. The Bertz CT molecular complexity index is 1740. The number of hydrogen-bond acceptors (Lipinski definition) is 4. The zero-order valence-electron chi connectivity index (χ0n) is 26.3. The molecule has 0 spiro atoms. The third-order valence-electron chi connectivity index (χ3n) is 7.19. The minimum atomic E-state index is -4.17. The maximum absolute atomic E-state index is 14.5. The van der Waals surface area contributed by atoms with E-state index in [4.69, 9.17) is 11.6 Å². The van der Waals surface area contributed by atoms with Crippen LogP contribution in [0.4, 0.5) is 5.69 Å². The largest absolute Gasteiger partial charge is 0.350 e. The molecule has 0 heterocycles. The molecule has 0 saturated heterocycles. The lowest BCUT2D eigenvalue weighted by molar-refractivity contribution is -0.140. The van der Waals surface area contributed by atoms with Gasteiger partial charge in [0.1, 0.15) is 12.6 Å². The summed E-state index contributed by atoms with van der Waals surface area (Å²) in [6.07, 6.45) is 0.226. The third kappa shape index (κ3) is 9.19. The summed E-state index contributed by atoms with van der Waals surface area (Å²) in [4.78, 5) is 30.0. The molecule has 236 valence electrons. The van der Waals surface area contributed by atoms with Gasteiger partial charge in [-0.2, -0.15) is 0 Å². The van der Waals surface area contributed by atoms with Crippen LogP contribution in [-0.2, 0) is 32.6 Å². The van der Waals surface area contributed by atoms with Crippen molar-refractivity contribution in [2.75, 3.05) is 10.8 Å². The second-order valence-electron chi connectivity index (χ2n) is 12.3. The van der Waals surface area contributed by atoms with Crippen LogP contribution in [0.1, 0.15) is 43.0 Å². The Balaban J connectivity index is 1.82. The molecule has 0 fully saturated rings. The Morgan fingerprint density at radius 1 is 0.800 bits per heavy atom. The average Bonchev–Trinajstić information content (AvgIpc) is 2.97. The van der Waals surface area contributed by atoms with Gasteiger partial charge in [0.15, 0.2) is 0 Å². The number of nitrogens with zero attached hydrogens (tertiary/aromatic N) is 2. The molecule has 0 saturated carbocycles. The van der Waals surface area contributed by atoms with Crippen molar-refractivity contribution in [2.45, 2.75) is 64.1 Å². The first kappa shape index (κ1) is 33.7. The van der Waals surface area contributed by atoms with Crippen LogP contribution in [0.2, 0.25) is 5.02 Å². The number of hydrogen-bond donors (Lipinski definition) is 1. The summed E-state index contributed by atoms with van der Waals surface area (Å²) in [5.74, 6) is -0.873. The lowest BCUT2D eigenvalue weighted by atomic mass is 10.0. The van der Waals surface area contributed by atoms with Crippen molar-refractivity contribution in [1.29, 1.82) is 0 Å². The van der Waals surface area contributed by atoms with E-state index in [1.165, 1.54) is 17.0 Å². The van der Waals surface area contributed by atoms with E-state index in [9.17, 15) is 18.0 Å². The van der Waals surface area contributed by atoms with Crippen molar-refractivity contribution >= 4 is 39.1 Å². The molecule has 0 unspecified atom stereocenters. The Morgan fingerprint density at radius 3 is 2.07 bits per heavy atom. The molecule has 1 N–H and O–H groups in total. The van der Waals surface area contributed by atoms with Crippen molar-refractivity contribution in [3.8, 4) is 0 Å². The molecule has 9 heteroatoms. The second kappa shape index (κ2) is 14.3. The average molecular weight is 646 g/mol. The van der Waals surface area contributed by atoms with Gasteiger partial charge in [0, 0.05) is 23.5 Å². The van der Waals surface area contributed by atoms with Gasteiger partial charge < -0.3 is 10.2 Å². The molecule has 0 bridgehead atoms. The topological polar surface area (TPSA) is 86.8 Å². The first-order chi connectivity index (χ1) is 21.2. The maximum atomic E-state index is 14.5. The highest BCUT2D eigenvalue weighted by molar-refractivity contribution is 7.92. The van der Waals surface area contributed by atoms with Crippen LogP contribution >= 0.6 is 11.6 Å². The first-order valence-corrected chi connectivity index (χ1v) is 16.6. The van der Waals surface area contributed by atoms with E-state index in [1.54, 1.807) is 48.5 Å². The number of halogens is 1. The van der Waals surface area contributed by atoms with Crippen LogP contribution in [0.3, 0.4) is 0 Å². The Kier molecular flexibility index (Phi) is 10.7. The van der Waals surface area contributed by atoms with E-state index >= 15 is 0 Å². The highest BCUT2D eigenvalue weighted by Gasteiger charge is 2.35. The Hall–Kier alpha value is -4.14. The highest BCUT2D eigenvalue weighted by Crippen LogP contribution is 2.26. The number of sulfonamides is 1. The van der Waals surface area contributed by atoms with Crippen molar-refractivity contribution in [3.63, 3.8) is 0 Å². The van der Waals surface area contributed by atoms with Crippen molar-refractivity contribution in [2.24, 2.45) is 0 Å². The molecule has 0 aliphatic heterocycles. The van der Waals surface area contributed by atoms with Gasteiger partial charge in [-0.3, -0.25) is 13.9 Å². The minimum Gasteiger partial charge on any atom is -0.350 e. The predicted octanol–water partition coefficient (Wildman–Crippen LogP) is 6.71. The molecule has 0 radical (unpaired) electrons. The van der Waals surface area contributed by atoms with Gasteiger partial charge in [-0.1, -0.05) is 83.9 Å².